The molecule has 5 aliphatic carbocycles. The number of carbonyl (C=O) groups excluding carboxylic acids is 1. The average molecular weight is 515 g/mol. The van der Waals surface area contributed by atoms with Gasteiger partial charge in [-0.15, -0.1) is 0 Å². The highest BCUT2D eigenvalue weighted by Gasteiger charge is 2.72. The summed E-state index contributed by atoms with van der Waals surface area (Å²) in [6, 6.07) is 0. The number of rotatable bonds is 2. The fourth-order valence-electron chi connectivity index (χ4n) is 11.7. The van der Waals surface area contributed by atoms with Crippen molar-refractivity contribution >= 4 is 11.8 Å². The Morgan fingerprint density at radius 2 is 1.59 bits per heavy atom. The van der Waals surface area contributed by atoms with Crippen molar-refractivity contribution in [1.82, 2.24) is 0 Å². The Bertz CT molecular complexity index is 1030. The van der Waals surface area contributed by atoms with Crippen molar-refractivity contribution in [2.24, 2.45) is 56.2 Å². The van der Waals surface area contributed by atoms with Gasteiger partial charge in [0, 0.05) is 11.0 Å². The van der Waals surface area contributed by atoms with Gasteiger partial charge in [0.05, 0.1) is 18.8 Å². The van der Waals surface area contributed by atoms with E-state index in [9.17, 15) is 24.9 Å². The molecule has 208 valence electrons. The molecule has 3 N–H and O–H groups in total. The third kappa shape index (κ3) is 3.50. The van der Waals surface area contributed by atoms with Gasteiger partial charge < -0.3 is 15.3 Å². The van der Waals surface area contributed by atoms with Crippen molar-refractivity contribution in [3.63, 3.8) is 0 Å². The highest BCUT2D eigenvalue weighted by atomic mass is 16.4. The van der Waals surface area contributed by atoms with Crippen molar-refractivity contribution in [1.29, 1.82) is 0 Å². The molecule has 5 nitrogen and oxygen atoms in total. The second-order valence-electron chi connectivity index (χ2n) is 16.1. The van der Waals surface area contributed by atoms with E-state index in [1.165, 1.54) is 0 Å². The van der Waals surface area contributed by atoms with Crippen LogP contribution in [-0.2, 0) is 9.59 Å². The predicted octanol–water partition coefficient (Wildman–Crippen LogP) is 6.93. The molecule has 5 aliphatic rings. The van der Waals surface area contributed by atoms with E-state index < -0.39 is 17.5 Å². The first-order valence-electron chi connectivity index (χ1n) is 14.8. The standard InChI is InChI=1S/C32H50O5/c1-27(2)10-12-32(17-24(35)36)13-11-31(7)25(20(32)16-27)21(34)14-23-29(5)15-19(18-33)26(37)28(3,4)22(29)8-9-30(23,31)6/h18,20-23,25,33-34H,8-17H2,1-7H3,(H,35,36)/b19-18-/t20-,21+,22-,23+,25-,29-,30+,31+,32+/m0/s1. The zero-order valence-electron chi connectivity index (χ0n) is 24.2. The largest absolute Gasteiger partial charge is 0.515 e. The molecule has 37 heavy (non-hydrogen) atoms. The van der Waals surface area contributed by atoms with Crippen LogP contribution in [0.15, 0.2) is 11.8 Å². The minimum absolute atomic E-state index is 0.0177. The van der Waals surface area contributed by atoms with Gasteiger partial charge >= 0.3 is 5.97 Å². The first-order valence-corrected chi connectivity index (χ1v) is 14.8. The Hall–Kier alpha value is -1.36. The Balaban J connectivity index is 1.60. The van der Waals surface area contributed by atoms with E-state index in [4.69, 9.17) is 0 Å². The van der Waals surface area contributed by atoms with Gasteiger partial charge in [0.25, 0.3) is 0 Å². The Morgan fingerprint density at radius 1 is 0.946 bits per heavy atom. The first kappa shape index (κ1) is 27.2. The van der Waals surface area contributed by atoms with Crippen LogP contribution >= 0.6 is 0 Å². The molecule has 5 rings (SSSR count). The van der Waals surface area contributed by atoms with Crippen molar-refractivity contribution in [2.75, 3.05) is 0 Å². The summed E-state index contributed by atoms with van der Waals surface area (Å²) in [5, 5.41) is 32.1. The van der Waals surface area contributed by atoms with Gasteiger partial charge in [-0.25, -0.2) is 0 Å². The molecule has 0 unspecified atom stereocenters. The normalized spacial score (nSPS) is 51.4. The number of carboxylic acid groups (broad SMARTS) is 1. The lowest BCUT2D eigenvalue weighted by molar-refractivity contribution is -0.268. The Morgan fingerprint density at radius 3 is 2.22 bits per heavy atom. The molecular formula is C32H50O5. The van der Waals surface area contributed by atoms with Crippen LogP contribution in [0.5, 0.6) is 0 Å². The SMILES string of the molecule is CC1(C)CC[C@]2(CC(=O)O)CC[C@]3(C)[C@H]([C@H](O)C[C@@H]4[C@@]5(C)C/C(=C/O)C(=O)C(C)(C)[C@@H]5CC[C@]43C)[C@@H]2C1. The van der Waals surface area contributed by atoms with E-state index in [0.29, 0.717) is 18.4 Å². The summed E-state index contributed by atoms with van der Waals surface area (Å²) in [6.45, 7) is 16.0. The molecule has 5 heteroatoms. The molecule has 0 aromatic heterocycles. The van der Waals surface area contributed by atoms with Crippen LogP contribution in [0.1, 0.15) is 113 Å². The molecular weight excluding hydrogens is 464 g/mol. The minimum Gasteiger partial charge on any atom is -0.515 e. The molecule has 0 heterocycles. The van der Waals surface area contributed by atoms with Crippen molar-refractivity contribution in [3.05, 3.63) is 11.8 Å². The maximum absolute atomic E-state index is 13.3. The van der Waals surface area contributed by atoms with Crippen LogP contribution in [0.2, 0.25) is 0 Å². The van der Waals surface area contributed by atoms with Crippen LogP contribution in [0, 0.1) is 56.2 Å². The summed E-state index contributed by atoms with van der Waals surface area (Å²) >= 11 is 0. The number of Topliss-reactive ketones (excluding diaryl/α,β-unsaturated/α-hetero) is 1. The summed E-state index contributed by atoms with van der Waals surface area (Å²) in [6.07, 6.45) is 8.93. The van der Waals surface area contributed by atoms with Gasteiger partial charge in [0.2, 0.25) is 0 Å². The van der Waals surface area contributed by atoms with E-state index in [-0.39, 0.29) is 63.0 Å². The number of hydrogen-bond donors (Lipinski definition) is 3. The van der Waals surface area contributed by atoms with Gasteiger partial charge in [-0.3, -0.25) is 9.59 Å². The average Bonchev–Trinajstić information content (AvgIpc) is 2.78. The van der Waals surface area contributed by atoms with Gasteiger partial charge in [0.1, 0.15) is 0 Å². The summed E-state index contributed by atoms with van der Waals surface area (Å²) < 4.78 is 0. The monoisotopic (exact) mass is 514 g/mol. The second kappa shape index (κ2) is 8.08. The number of aliphatic hydroxyl groups is 2. The van der Waals surface area contributed by atoms with Crippen LogP contribution in [0.3, 0.4) is 0 Å². The number of fused-ring (bicyclic) bond motifs is 7. The number of aliphatic hydroxyl groups excluding tert-OH is 2. The molecule has 0 saturated heterocycles. The lowest BCUT2D eigenvalue weighted by atomic mass is 9.30. The number of carboxylic acids is 1. The molecule has 0 radical (unpaired) electrons. The number of aliphatic carboxylic acids is 1. The number of allylic oxidation sites excluding steroid dienone is 1. The lowest BCUT2D eigenvalue weighted by Gasteiger charge is -2.74. The number of hydrogen-bond acceptors (Lipinski definition) is 4. The molecule has 0 aromatic carbocycles. The molecule has 9 atom stereocenters. The third-order valence-electron chi connectivity index (χ3n) is 13.7. The van der Waals surface area contributed by atoms with Crippen LogP contribution in [0.4, 0.5) is 0 Å². The molecule has 5 saturated carbocycles. The summed E-state index contributed by atoms with van der Waals surface area (Å²) in [5.74, 6) is 0.121. The second-order valence-corrected chi connectivity index (χ2v) is 16.1. The molecule has 0 spiro atoms. The van der Waals surface area contributed by atoms with Crippen LogP contribution < -0.4 is 0 Å². The highest BCUT2D eigenvalue weighted by molar-refractivity contribution is 6.00. The van der Waals surface area contributed by atoms with Crippen LogP contribution in [-0.4, -0.2) is 33.2 Å². The summed E-state index contributed by atoms with van der Waals surface area (Å²) in [5.41, 5.74) is -0.372. The van der Waals surface area contributed by atoms with Crippen molar-refractivity contribution in [2.45, 2.75) is 119 Å². The van der Waals surface area contributed by atoms with Gasteiger partial charge in [-0.2, -0.15) is 0 Å². The Kier molecular flexibility index (Phi) is 5.95. The zero-order valence-corrected chi connectivity index (χ0v) is 24.2. The topological polar surface area (TPSA) is 94.8 Å². The molecule has 0 aromatic rings. The van der Waals surface area contributed by atoms with E-state index >= 15 is 0 Å². The van der Waals surface area contributed by atoms with Crippen molar-refractivity contribution < 1.29 is 24.9 Å². The maximum atomic E-state index is 13.3. The number of carbonyl (C=O) groups is 2. The molecule has 0 aliphatic heterocycles. The predicted molar refractivity (Wildman–Crippen MR) is 144 cm³/mol. The maximum Gasteiger partial charge on any atom is 0.303 e. The van der Waals surface area contributed by atoms with Gasteiger partial charge in [0.15, 0.2) is 5.78 Å². The molecule has 0 amide bonds. The quantitative estimate of drug-likeness (QED) is 0.274. The third-order valence-corrected chi connectivity index (χ3v) is 13.7. The van der Waals surface area contributed by atoms with Gasteiger partial charge in [-0.05, 0) is 109 Å². The molecule has 0 bridgehead atoms. The van der Waals surface area contributed by atoms with Crippen LogP contribution in [0.25, 0.3) is 0 Å². The fraction of sp³-hybridized carbons (Fsp3) is 0.875. The molecule has 5 fully saturated rings. The van der Waals surface area contributed by atoms with E-state index in [2.05, 4.69) is 48.5 Å². The Labute approximate surface area is 223 Å². The van der Waals surface area contributed by atoms with E-state index in [1.54, 1.807) is 0 Å². The van der Waals surface area contributed by atoms with E-state index in [1.807, 2.05) is 0 Å². The number of ketones is 1. The summed E-state index contributed by atoms with van der Waals surface area (Å²) in [7, 11) is 0. The zero-order chi connectivity index (χ0) is 27.4. The van der Waals surface area contributed by atoms with E-state index in [0.717, 1.165) is 51.2 Å². The highest BCUT2D eigenvalue weighted by Crippen LogP contribution is 2.77. The first-order chi connectivity index (χ1) is 17.0. The lowest BCUT2D eigenvalue weighted by Crippen LogP contribution is -2.70. The minimum atomic E-state index is -0.701. The smallest absolute Gasteiger partial charge is 0.303 e. The summed E-state index contributed by atoms with van der Waals surface area (Å²) in [4.78, 5) is 25.4. The van der Waals surface area contributed by atoms with Crippen molar-refractivity contribution in [3.8, 4) is 0 Å². The van der Waals surface area contributed by atoms with Gasteiger partial charge in [-0.1, -0.05) is 48.5 Å². The fourth-order valence-corrected chi connectivity index (χ4v) is 11.7.